The summed E-state index contributed by atoms with van der Waals surface area (Å²) in [6, 6.07) is 7.44. The van der Waals surface area contributed by atoms with Gasteiger partial charge in [-0.2, -0.15) is 10.2 Å². The quantitative estimate of drug-likeness (QED) is 0.553. The molecule has 9 heteroatoms. The van der Waals surface area contributed by atoms with Gasteiger partial charge in [0, 0.05) is 12.3 Å². The van der Waals surface area contributed by atoms with Crippen molar-refractivity contribution in [2.24, 2.45) is 0 Å². The fourth-order valence-corrected chi connectivity index (χ4v) is 3.50. The summed E-state index contributed by atoms with van der Waals surface area (Å²) in [5.74, 6) is 2.06. The Hall–Kier alpha value is -3.20. The fraction of sp³-hybridized carbons (Fsp3) is 0.222. The zero-order valence-corrected chi connectivity index (χ0v) is 15.7. The van der Waals surface area contributed by atoms with Gasteiger partial charge in [0.05, 0.1) is 22.3 Å². The van der Waals surface area contributed by atoms with Crippen molar-refractivity contribution in [2.75, 3.05) is 5.32 Å². The molecule has 0 saturated heterocycles. The van der Waals surface area contributed by atoms with Gasteiger partial charge in [-0.1, -0.05) is 0 Å². The third-order valence-corrected chi connectivity index (χ3v) is 4.96. The van der Waals surface area contributed by atoms with Gasteiger partial charge in [-0.05, 0) is 32.0 Å². The molecular formula is C18H18N6O2S. The summed E-state index contributed by atoms with van der Waals surface area (Å²) in [7, 11) is 0. The molecule has 4 heterocycles. The van der Waals surface area contributed by atoms with Crippen LogP contribution >= 0.6 is 11.3 Å². The van der Waals surface area contributed by atoms with Gasteiger partial charge >= 0.3 is 0 Å². The average Bonchev–Trinajstić information content (AvgIpc) is 3.39. The number of hydrogen-bond acceptors (Lipinski definition) is 6. The van der Waals surface area contributed by atoms with Crippen LogP contribution in [0.1, 0.15) is 17.2 Å². The van der Waals surface area contributed by atoms with E-state index in [0.717, 1.165) is 27.8 Å². The lowest BCUT2D eigenvalue weighted by atomic mass is 10.3. The Morgan fingerprint density at radius 1 is 1.26 bits per heavy atom. The first-order valence-electron chi connectivity index (χ1n) is 8.39. The fourth-order valence-electron chi connectivity index (χ4n) is 2.73. The molecule has 0 aliphatic carbocycles. The highest BCUT2D eigenvalue weighted by Crippen LogP contribution is 2.25. The molecule has 0 fully saturated rings. The third kappa shape index (κ3) is 3.82. The van der Waals surface area contributed by atoms with Gasteiger partial charge in [-0.3, -0.25) is 9.48 Å². The molecule has 0 unspecified atom stereocenters. The minimum Gasteiger partial charge on any atom is -0.464 e. The Morgan fingerprint density at radius 3 is 2.89 bits per heavy atom. The Kier molecular flexibility index (Phi) is 4.59. The molecule has 138 valence electrons. The maximum atomic E-state index is 12.4. The molecule has 0 aliphatic rings. The maximum absolute atomic E-state index is 12.4. The molecule has 0 radical (unpaired) electrons. The van der Waals surface area contributed by atoms with Gasteiger partial charge in [-0.25, -0.2) is 9.67 Å². The van der Waals surface area contributed by atoms with Gasteiger partial charge in [0.25, 0.3) is 0 Å². The molecule has 4 aromatic heterocycles. The summed E-state index contributed by atoms with van der Waals surface area (Å²) in [4.78, 5) is 17.7. The number of amides is 1. The molecule has 1 N–H and O–H groups in total. The molecule has 0 saturated carbocycles. The number of nitrogens with one attached hydrogen (secondary N) is 1. The second-order valence-electron chi connectivity index (χ2n) is 6.10. The zero-order valence-electron chi connectivity index (χ0n) is 14.9. The first kappa shape index (κ1) is 17.2. The smallest absolute Gasteiger partial charge is 0.247 e. The molecule has 4 rings (SSSR count). The van der Waals surface area contributed by atoms with E-state index in [1.165, 1.54) is 11.3 Å². The van der Waals surface area contributed by atoms with E-state index in [1.807, 2.05) is 32.0 Å². The second kappa shape index (κ2) is 7.20. The van der Waals surface area contributed by atoms with E-state index in [0.29, 0.717) is 12.4 Å². The number of thiazole rings is 1. The molecule has 0 aliphatic heterocycles. The van der Waals surface area contributed by atoms with Crippen molar-refractivity contribution in [1.82, 2.24) is 24.5 Å². The van der Waals surface area contributed by atoms with Crippen molar-refractivity contribution in [3.05, 3.63) is 59.4 Å². The SMILES string of the molecule is Cc1ccc(Cn2nccc2NC(=O)Cn2ccc(-c3scnc3C)n2)o1. The largest absolute Gasteiger partial charge is 0.464 e. The maximum Gasteiger partial charge on any atom is 0.247 e. The standard InChI is InChI=1S/C18H18N6O2S/c1-12-3-4-14(26-12)9-24-16(5-7-20-24)21-17(25)10-23-8-6-15(22-23)18-13(2)19-11-27-18/h3-8,11H,9-10H2,1-2H3,(H,21,25). The molecule has 8 nitrogen and oxygen atoms in total. The summed E-state index contributed by atoms with van der Waals surface area (Å²) in [5, 5.41) is 11.6. The number of rotatable bonds is 6. The van der Waals surface area contributed by atoms with E-state index in [4.69, 9.17) is 4.42 Å². The van der Waals surface area contributed by atoms with Crippen LogP contribution in [-0.4, -0.2) is 30.5 Å². The summed E-state index contributed by atoms with van der Waals surface area (Å²) in [6.07, 6.45) is 3.43. The van der Waals surface area contributed by atoms with Crippen LogP contribution in [-0.2, 0) is 17.9 Å². The van der Waals surface area contributed by atoms with Crippen LogP contribution in [0.2, 0.25) is 0 Å². The minimum absolute atomic E-state index is 0.114. The average molecular weight is 382 g/mol. The molecule has 1 amide bonds. The van der Waals surface area contributed by atoms with E-state index in [1.54, 1.807) is 33.3 Å². The van der Waals surface area contributed by atoms with Crippen LogP contribution in [0.25, 0.3) is 10.6 Å². The van der Waals surface area contributed by atoms with E-state index in [-0.39, 0.29) is 12.5 Å². The Morgan fingerprint density at radius 2 is 2.15 bits per heavy atom. The van der Waals surface area contributed by atoms with Crippen molar-refractivity contribution >= 4 is 23.1 Å². The predicted octanol–water partition coefficient (Wildman–Crippen LogP) is 3.10. The second-order valence-corrected chi connectivity index (χ2v) is 6.95. The topological polar surface area (TPSA) is 90.8 Å². The van der Waals surface area contributed by atoms with E-state index >= 15 is 0 Å². The van der Waals surface area contributed by atoms with Gasteiger partial charge in [0.1, 0.15) is 36.1 Å². The van der Waals surface area contributed by atoms with Gasteiger partial charge in [0.2, 0.25) is 5.91 Å². The Balaban J connectivity index is 1.41. The Labute approximate surface area is 159 Å². The first-order chi connectivity index (χ1) is 13.1. The number of carbonyl (C=O) groups is 1. The number of hydrogen-bond donors (Lipinski definition) is 1. The van der Waals surface area contributed by atoms with Crippen molar-refractivity contribution in [1.29, 1.82) is 0 Å². The lowest BCUT2D eigenvalue weighted by Crippen LogP contribution is -2.21. The van der Waals surface area contributed by atoms with Crippen molar-refractivity contribution in [3.8, 4) is 10.6 Å². The molecule has 0 atom stereocenters. The summed E-state index contributed by atoms with van der Waals surface area (Å²) < 4.78 is 8.87. The van der Waals surface area contributed by atoms with Crippen LogP contribution < -0.4 is 5.32 Å². The third-order valence-electron chi connectivity index (χ3n) is 4.01. The number of carbonyl (C=O) groups excluding carboxylic acids is 1. The lowest BCUT2D eigenvalue weighted by Gasteiger charge is -2.08. The Bertz CT molecular complexity index is 1070. The molecule has 0 bridgehead atoms. The molecule has 0 aromatic carbocycles. The van der Waals surface area contributed by atoms with Crippen LogP contribution in [0.15, 0.2) is 46.6 Å². The van der Waals surface area contributed by atoms with Gasteiger partial charge < -0.3 is 9.73 Å². The number of nitrogens with zero attached hydrogens (tertiary/aromatic N) is 5. The highest BCUT2D eigenvalue weighted by Gasteiger charge is 2.12. The highest BCUT2D eigenvalue weighted by molar-refractivity contribution is 7.13. The van der Waals surface area contributed by atoms with Crippen LogP contribution in [0.5, 0.6) is 0 Å². The number of aryl methyl sites for hydroxylation is 2. The number of aromatic nitrogens is 5. The minimum atomic E-state index is -0.178. The zero-order chi connectivity index (χ0) is 18.8. The number of anilines is 1. The van der Waals surface area contributed by atoms with Crippen LogP contribution in [0, 0.1) is 13.8 Å². The normalized spacial score (nSPS) is 11.0. The molecular weight excluding hydrogens is 364 g/mol. The first-order valence-corrected chi connectivity index (χ1v) is 9.27. The molecule has 4 aromatic rings. The predicted molar refractivity (Wildman–Crippen MR) is 101 cm³/mol. The number of furan rings is 1. The lowest BCUT2D eigenvalue weighted by molar-refractivity contribution is -0.116. The van der Waals surface area contributed by atoms with E-state index in [9.17, 15) is 4.79 Å². The summed E-state index contributed by atoms with van der Waals surface area (Å²) in [6.45, 7) is 4.40. The van der Waals surface area contributed by atoms with E-state index in [2.05, 4.69) is 20.5 Å². The molecule has 27 heavy (non-hydrogen) atoms. The summed E-state index contributed by atoms with van der Waals surface area (Å²) in [5.41, 5.74) is 3.55. The van der Waals surface area contributed by atoms with E-state index < -0.39 is 0 Å². The van der Waals surface area contributed by atoms with Gasteiger partial charge in [-0.15, -0.1) is 11.3 Å². The summed E-state index contributed by atoms with van der Waals surface area (Å²) >= 11 is 1.54. The highest BCUT2D eigenvalue weighted by atomic mass is 32.1. The molecule has 0 spiro atoms. The van der Waals surface area contributed by atoms with Gasteiger partial charge in [0.15, 0.2) is 0 Å². The van der Waals surface area contributed by atoms with Crippen molar-refractivity contribution in [3.63, 3.8) is 0 Å². The van der Waals surface area contributed by atoms with Crippen molar-refractivity contribution < 1.29 is 9.21 Å². The monoisotopic (exact) mass is 382 g/mol. The van der Waals surface area contributed by atoms with Crippen LogP contribution in [0.4, 0.5) is 5.82 Å². The van der Waals surface area contributed by atoms with Crippen LogP contribution in [0.3, 0.4) is 0 Å². The van der Waals surface area contributed by atoms with Crippen molar-refractivity contribution in [2.45, 2.75) is 26.9 Å².